The molecule has 11 heavy (non-hydrogen) atoms. The van der Waals surface area contributed by atoms with Gasteiger partial charge in [-0.2, -0.15) is 0 Å². The average Bonchev–Trinajstić information content (AvgIpc) is 2.02. The van der Waals surface area contributed by atoms with Crippen molar-refractivity contribution in [3.63, 3.8) is 0 Å². The zero-order chi connectivity index (χ0) is 8.74. The molecule has 0 aromatic rings. The number of allylic oxidation sites excluding steroid dienone is 2. The fraction of sp³-hybridized carbons (Fsp3) is 0.636. The molecule has 1 unspecified atom stereocenters. The van der Waals surface area contributed by atoms with Crippen molar-refractivity contribution in [2.75, 3.05) is 0 Å². The number of hydrogen-bond acceptors (Lipinski definition) is 0. The van der Waals surface area contributed by atoms with Gasteiger partial charge >= 0.3 is 0 Å². The summed E-state index contributed by atoms with van der Waals surface area (Å²) in [5.41, 5.74) is 0.454. The molecule has 0 rings (SSSR count). The van der Waals surface area contributed by atoms with Crippen LogP contribution in [0.25, 0.3) is 0 Å². The largest absolute Gasteiger partial charge is 0.103 e. The molecule has 0 saturated heterocycles. The van der Waals surface area contributed by atoms with Gasteiger partial charge in [0, 0.05) is 0 Å². The van der Waals surface area contributed by atoms with Crippen molar-refractivity contribution in [1.82, 2.24) is 0 Å². The lowest BCUT2D eigenvalue weighted by atomic mass is 9.80. The molecule has 0 heterocycles. The van der Waals surface area contributed by atoms with Crippen LogP contribution in [0.15, 0.2) is 25.3 Å². The van der Waals surface area contributed by atoms with E-state index in [1.54, 1.807) is 0 Å². The molecule has 0 amide bonds. The Hall–Kier alpha value is -0.520. The normalized spacial score (nSPS) is 15.5. The molecule has 0 fully saturated rings. The second kappa shape index (κ2) is 5.17. The van der Waals surface area contributed by atoms with Crippen LogP contribution in [0, 0.1) is 5.41 Å². The minimum atomic E-state index is 0.454. The molecule has 0 aliphatic heterocycles. The molecule has 0 aliphatic carbocycles. The molecular weight excluding hydrogens is 132 g/mol. The fourth-order valence-electron chi connectivity index (χ4n) is 1.22. The van der Waals surface area contributed by atoms with E-state index in [2.05, 4.69) is 27.0 Å². The molecule has 0 spiro atoms. The van der Waals surface area contributed by atoms with Crippen molar-refractivity contribution in [3.05, 3.63) is 25.3 Å². The molecule has 0 aliphatic rings. The third kappa shape index (κ3) is 4.02. The van der Waals surface area contributed by atoms with Gasteiger partial charge in [-0.3, -0.25) is 0 Å². The highest BCUT2D eigenvalue weighted by molar-refractivity contribution is 4.84. The van der Waals surface area contributed by atoms with Crippen LogP contribution in [0.3, 0.4) is 0 Å². The van der Waals surface area contributed by atoms with E-state index in [4.69, 9.17) is 0 Å². The van der Waals surface area contributed by atoms with E-state index < -0.39 is 0 Å². The summed E-state index contributed by atoms with van der Waals surface area (Å²) in [6.45, 7) is 12.1. The molecule has 0 heteroatoms. The van der Waals surface area contributed by atoms with Crippen LogP contribution in [0.1, 0.15) is 39.5 Å². The maximum atomic E-state index is 3.78. The van der Waals surface area contributed by atoms with Crippen LogP contribution in [-0.2, 0) is 0 Å². The molecular formula is C11H20. The van der Waals surface area contributed by atoms with Crippen molar-refractivity contribution >= 4 is 0 Å². The molecule has 0 saturated carbocycles. The molecule has 64 valence electrons. The number of rotatable bonds is 6. The maximum Gasteiger partial charge on any atom is -0.0291 e. The Labute approximate surface area is 71.0 Å². The maximum absolute atomic E-state index is 3.78. The second-order valence-corrected chi connectivity index (χ2v) is 3.48. The Bertz CT molecular complexity index is 124. The zero-order valence-electron chi connectivity index (χ0n) is 7.90. The standard InChI is InChI=1S/C11H20/c1-5-8-10-11(4,7-3)9-6-2/h5-6H,1-2,7-10H2,3-4H3. The number of hydrogen-bond donors (Lipinski definition) is 0. The Morgan fingerprint density at radius 1 is 1.27 bits per heavy atom. The predicted molar refractivity (Wildman–Crippen MR) is 52.6 cm³/mol. The van der Waals surface area contributed by atoms with Gasteiger partial charge in [0.2, 0.25) is 0 Å². The van der Waals surface area contributed by atoms with Crippen molar-refractivity contribution in [2.24, 2.45) is 5.41 Å². The minimum absolute atomic E-state index is 0.454. The highest BCUT2D eigenvalue weighted by Crippen LogP contribution is 2.31. The van der Waals surface area contributed by atoms with Gasteiger partial charge in [0.05, 0.1) is 0 Å². The summed E-state index contributed by atoms with van der Waals surface area (Å²) in [6.07, 6.45) is 8.73. The summed E-state index contributed by atoms with van der Waals surface area (Å²) in [6, 6.07) is 0. The van der Waals surface area contributed by atoms with E-state index in [0.717, 1.165) is 12.8 Å². The fourth-order valence-corrected chi connectivity index (χ4v) is 1.22. The summed E-state index contributed by atoms with van der Waals surface area (Å²) < 4.78 is 0. The van der Waals surface area contributed by atoms with Crippen molar-refractivity contribution in [1.29, 1.82) is 0 Å². The first-order valence-electron chi connectivity index (χ1n) is 4.40. The van der Waals surface area contributed by atoms with Crippen molar-refractivity contribution < 1.29 is 0 Å². The summed E-state index contributed by atoms with van der Waals surface area (Å²) in [5.74, 6) is 0. The summed E-state index contributed by atoms with van der Waals surface area (Å²) in [4.78, 5) is 0. The van der Waals surface area contributed by atoms with Gasteiger partial charge in [-0.25, -0.2) is 0 Å². The van der Waals surface area contributed by atoms with Crippen LogP contribution in [0.4, 0.5) is 0 Å². The quantitative estimate of drug-likeness (QED) is 0.506. The molecule has 0 aromatic heterocycles. The summed E-state index contributed by atoms with van der Waals surface area (Å²) in [7, 11) is 0. The van der Waals surface area contributed by atoms with Gasteiger partial charge in [-0.15, -0.1) is 13.2 Å². The highest BCUT2D eigenvalue weighted by Gasteiger charge is 2.18. The lowest BCUT2D eigenvalue weighted by molar-refractivity contribution is 0.291. The lowest BCUT2D eigenvalue weighted by Crippen LogP contribution is -2.13. The van der Waals surface area contributed by atoms with Crippen LogP contribution >= 0.6 is 0 Å². The van der Waals surface area contributed by atoms with Gasteiger partial charge in [-0.1, -0.05) is 32.4 Å². The Morgan fingerprint density at radius 2 is 1.91 bits per heavy atom. The topological polar surface area (TPSA) is 0 Å². The van der Waals surface area contributed by atoms with Gasteiger partial charge in [0.1, 0.15) is 0 Å². The summed E-state index contributed by atoms with van der Waals surface area (Å²) >= 11 is 0. The molecule has 0 aromatic carbocycles. The third-order valence-corrected chi connectivity index (χ3v) is 2.44. The van der Waals surface area contributed by atoms with Crippen LogP contribution in [-0.4, -0.2) is 0 Å². The van der Waals surface area contributed by atoms with E-state index >= 15 is 0 Å². The van der Waals surface area contributed by atoms with Crippen molar-refractivity contribution in [3.8, 4) is 0 Å². The molecule has 1 atom stereocenters. The van der Waals surface area contributed by atoms with Crippen LogP contribution in [0.2, 0.25) is 0 Å². The highest BCUT2D eigenvalue weighted by atomic mass is 14.2. The van der Waals surface area contributed by atoms with Crippen LogP contribution in [0.5, 0.6) is 0 Å². The first-order chi connectivity index (χ1) is 5.18. The zero-order valence-corrected chi connectivity index (χ0v) is 7.90. The van der Waals surface area contributed by atoms with Crippen LogP contribution < -0.4 is 0 Å². The van der Waals surface area contributed by atoms with E-state index in [-0.39, 0.29) is 0 Å². The van der Waals surface area contributed by atoms with Gasteiger partial charge < -0.3 is 0 Å². The van der Waals surface area contributed by atoms with E-state index in [9.17, 15) is 0 Å². The second-order valence-electron chi connectivity index (χ2n) is 3.48. The summed E-state index contributed by atoms with van der Waals surface area (Å²) in [5, 5.41) is 0. The first-order valence-corrected chi connectivity index (χ1v) is 4.40. The molecule has 0 bridgehead atoms. The van der Waals surface area contributed by atoms with Gasteiger partial charge in [-0.05, 0) is 24.7 Å². The van der Waals surface area contributed by atoms with E-state index in [1.165, 1.54) is 12.8 Å². The van der Waals surface area contributed by atoms with Crippen molar-refractivity contribution in [2.45, 2.75) is 39.5 Å². The Kier molecular flexibility index (Phi) is 4.93. The molecule has 0 radical (unpaired) electrons. The smallest absolute Gasteiger partial charge is 0.0291 e. The Morgan fingerprint density at radius 3 is 2.27 bits per heavy atom. The Balaban J connectivity index is 3.86. The average molecular weight is 152 g/mol. The lowest BCUT2D eigenvalue weighted by Gasteiger charge is -2.25. The first kappa shape index (κ1) is 10.5. The third-order valence-electron chi connectivity index (χ3n) is 2.44. The van der Waals surface area contributed by atoms with Gasteiger partial charge in [0.15, 0.2) is 0 Å². The monoisotopic (exact) mass is 152 g/mol. The van der Waals surface area contributed by atoms with E-state index in [1.807, 2.05) is 12.2 Å². The minimum Gasteiger partial charge on any atom is -0.103 e. The van der Waals surface area contributed by atoms with Gasteiger partial charge in [0.25, 0.3) is 0 Å². The SMILES string of the molecule is C=CCCC(C)(CC)CC=C. The molecule has 0 nitrogen and oxygen atoms in total. The predicted octanol–water partition coefficient (Wildman–Crippen LogP) is 3.95. The van der Waals surface area contributed by atoms with E-state index in [0.29, 0.717) is 5.41 Å². The molecule has 0 N–H and O–H groups in total.